The van der Waals surface area contributed by atoms with Crippen LogP contribution >= 0.6 is 0 Å². The van der Waals surface area contributed by atoms with Gasteiger partial charge in [-0.15, -0.1) is 0 Å². The highest BCUT2D eigenvalue weighted by Crippen LogP contribution is 2.33. The lowest BCUT2D eigenvalue weighted by Crippen LogP contribution is -2.31. The van der Waals surface area contributed by atoms with Gasteiger partial charge in [-0.05, 0) is 49.6 Å². The molecule has 0 saturated heterocycles. The first-order valence-corrected chi connectivity index (χ1v) is 10.5. The largest absolute Gasteiger partial charge is 0.322 e. The van der Waals surface area contributed by atoms with Crippen molar-refractivity contribution in [1.29, 1.82) is 0 Å². The van der Waals surface area contributed by atoms with Crippen LogP contribution in [-0.4, -0.2) is 26.6 Å². The summed E-state index contributed by atoms with van der Waals surface area (Å²) in [6.45, 7) is 4.38. The first-order valence-electron chi connectivity index (χ1n) is 8.92. The Morgan fingerprint density at radius 1 is 1.19 bits per heavy atom. The topological polar surface area (TPSA) is 66.5 Å². The van der Waals surface area contributed by atoms with E-state index in [2.05, 4.69) is 5.32 Å². The van der Waals surface area contributed by atoms with Crippen LogP contribution in [0.4, 0.5) is 11.4 Å². The van der Waals surface area contributed by atoms with Crippen molar-refractivity contribution in [3.8, 4) is 0 Å². The van der Waals surface area contributed by atoms with Crippen LogP contribution in [0.2, 0.25) is 0 Å². The average molecular weight is 372 g/mol. The van der Waals surface area contributed by atoms with Crippen LogP contribution in [0, 0.1) is 6.92 Å². The van der Waals surface area contributed by atoms with Crippen LogP contribution in [0.3, 0.4) is 0 Å². The Hall–Kier alpha value is -2.34. The molecule has 3 rings (SSSR count). The van der Waals surface area contributed by atoms with Crippen LogP contribution in [0.25, 0.3) is 0 Å². The number of aryl methyl sites for hydroxylation is 1. The van der Waals surface area contributed by atoms with E-state index in [1.807, 2.05) is 44.2 Å². The maximum absolute atomic E-state index is 12.6. The number of anilines is 2. The van der Waals surface area contributed by atoms with E-state index in [1.165, 1.54) is 4.31 Å². The monoisotopic (exact) mass is 372 g/mol. The smallest absolute Gasteiger partial charge is 0.255 e. The number of sulfonamides is 1. The molecule has 1 amide bonds. The average Bonchev–Trinajstić information content (AvgIpc) is 3.04. The Bertz CT molecular complexity index is 922. The molecule has 0 bridgehead atoms. The lowest BCUT2D eigenvalue weighted by molar-refractivity contribution is 0.102. The van der Waals surface area contributed by atoms with E-state index in [0.717, 1.165) is 17.5 Å². The fourth-order valence-electron chi connectivity index (χ4n) is 3.14. The van der Waals surface area contributed by atoms with E-state index in [9.17, 15) is 13.2 Å². The standard InChI is InChI=1S/C20H24N2O3S/c1-3-4-12-26(24,25)22-11-10-16-8-9-18(14-19(16)22)21-20(23)17-7-5-6-15(2)13-17/h5-9,13-14H,3-4,10-12H2,1-2H3,(H,21,23). The fraction of sp³-hybridized carbons (Fsp3) is 0.350. The van der Waals surface area contributed by atoms with Gasteiger partial charge in [0.1, 0.15) is 0 Å². The summed E-state index contributed by atoms with van der Waals surface area (Å²) in [5.74, 6) is -0.0462. The molecule has 0 unspecified atom stereocenters. The van der Waals surface area contributed by atoms with E-state index in [1.54, 1.807) is 12.1 Å². The van der Waals surface area contributed by atoms with Crippen molar-refractivity contribution in [3.05, 3.63) is 59.2 Å². The van der Waals surface area contributed by atoms with Crippen LogP contribution in [0.15, 0.2) is 42.5 Å². The van der Waals surface area contributed by atoms with E-state index in [4.69, 9.17) is 0 Å². The zero-order valence-corrected chi connectivity index (χ0v) is 16.0. The Labute approximate surface area is 155 Å². The number of amides is 1. The Kier molecular flexibility index (Phi) is 5.32. The summed E-state index contributed by atoms with van der Waals surface area (Å²) in [5, 5.41) is 2.87. The van der Waals surface area contributed by atoms with Gasteiger partial charge in [0.25, 0.3) is 5.91 Å². The molecule has 26 heavy (non-hydrogen) atoms. The van der Waals surface area contributed by atoms with E-state index >= 15 is 0 Å². The number of hydrogen-bond donors (Lipinski definition) is 1. The fourth-order valence-corrected chi connectivity index (χ4v) is 4.86. The molecule has 0 atom stereocenters. The number of nitrogens with one attached hydrogen (secondary N) is 1. The summed E-state index contributed by atoms with van der Waals surface area (Å²) in [6.07, 6.45) is 2.19. The van der Waals surface area contributed by atoms with Crippen molar-refractivity contribution >= 4 is 27.3 Å². The number of fused-ring (bicyclic) bond motifs is 1. The van der Waals surface area contributed by atoms with Gasteiger partial charge in [-0.1, -0.05) is 37.1 Å². The number of carbonyl (C=O) groups is 1. The van der Waals surface area contributed by atoms with Crippen LogP contribution in [0.5, 0.6) is 0 Å². The van der Waals surface area contributed by atoms with Gasteiger partial charge in [-0.2, -0.15) is 0 Å². The lowest BCUT2D eigenvalue weighted by atomic mass is 10.1. The summed E-state index contributed by atoms with van der Waals surface area (Å²) in [4.78, 5) is 12.4. The first-order chi connectivity index (χ1) is 12.4. The second kappa shape index (κ2) is 7.50. The zero-order valence-electron chi connectivity index (χ0n) is 15.2. The van der Waals surface area contributed by atoms with Gasteiger partial charge in [0.05, 0.1) is 11.4 Å². The Morgan fingerprint density at radius 3 is 2.73 bits per heavy atom. The van der Waals surface area contributed by atoms with Gasteiger partial charge in [-0.25, -0.2) is 8.42 Å². The molecule has 1 N–H and O–H groups in total. The molecule has 138 valence electrons. The summed E-state index contributed by atoms with van der Waals surface area (Å²) in [7, 11) is -3.32. The molecule has 0 aromatic heterocycles. The number of nitrogens with zero attached hydrogens (tertiary/aromatic N) is 1. The van der Waals surface area contributed by atoms with Crippen molar-refractivity contribution in [1.82, 2.24) is 0 Å². The predicted molar refractivity (Wildman–Crippen MR) is 105 cm³/mol. The molecule has 0 fully saturated rings. The second-order valence-corrected chi connectivity index (χ2v) is 8.67. The molecule has 2 aromatic carbocycles. The van der Waals surface area contributed by atoms with Gasteiger partial charge in [-0.3, -0.25) is 9.10 Å². The normalized spacial score (nSPS) is 13.5. The minimum absolute atomic E-state index is 0.156. The van der Waals surface area contributed by atoms with Gasteiger partial charge in [0, 0.05) is 17.8 Å². The van der Waals surface area contributed by atoms with Crippen LogP contribution in [-0.2, 0) is 16.4 Å². The summed E-state index contributed by atoms with van der Waals surface area (Å²) in [5.41, 5.74) is 3.88. The zero-order chi connectivity index (χ0) is 18.7. The highest BCUT2D eigenvalue weighted by atomic mass is 32.2. The summed E-state index contributed by atoms with van der Waals surface area (Å²) < 4.78 is 26.7. The first kappa shape index (κ1) is 18.5. The molecule has 1 aliphatic heterocycles. The molecular formula is C20H24N2O3S. The molecule has 1 aliphatic rings. The maximum atomic E-state index is 12.6. The van der Waals surface area contributed by atoms with Gasteiger partial charge in [0.2, 0.25) is 10.0 Å². The molecule has 0 spiro atoms. The van der Waals surface area contributed by atoms with Crippen molar-refractivity contribution in [2.45, 2.75) is 33.1 Å². The van der Waals surface area contributed by atoms with Crippen LogP contribution in [0.1, 0.15) is 41.3 Å². The highest BCUT2D eigenvalue weighted by Gasteiger charge is 2.29. The molecule has 1 heterocycles. The number of carbonyl (C=O) groups excluding carboxylic acids is 1. The van der Waals surface area contributed by atoms with E-state index < -0.39 is 10.0 Å². The Morgan fingerprint density at radius 2 is 2.00 bits per heavy atom. The molecule has 0 saturated carbocycles. The van der Waals surface area contributed by atoms with Crippen molar-refractivity contribution in [2.24, 2.45) is 0 Å². The number of benzene rings is 2. The number of rotatable bonds is 6. The highest BCUT2D eigenvalue weighted by molar-refractivity contribution is 7.92. The summed E-state index contributed by atoms with van der Waals surface area (Å²) in [6, 6.07) is 12.9. The molecule has 0 aliphatic carbocycles. The minimum atomic E-state index is -3.32. The van der Waals surface area contributed by atoms with Gasteiger partial charge >= 0.3 is 0 Å². The molecule has 5 nitrogen and oxygen atoms in total. The Balaban J connectivity index is 1.82. The minimum Gasteiger partial charge on any atom is -0.322 e. The van der Waals surface area contributed by atoms with Crippen molar-refractivity contribution in [2.75, 3.05) is 21.9 Å². The molecule has 0 radical (unpaired) electrons. The van der Waals surface area contributed by atoms with Crippen LogP contribution < -0.4 is 9.62 Å². The second-order valence-electron chi connectivity index (χ2n) is 6.66. The third-order valence-electron chi connectivity index (χ3n) is 4.57. The van der Waals surface area contributed by atoms with Gasteiger partial charge in [0.15, 0.2) is 0 Å². The lowest BCUT2D eigenvalue weighted by Gasteiger charge is -2.20. The third-order valence-corrected chi connectivity index (χ3v) is 6.42. The summed E-state index contributed by atoms with van der Waals surface area (Å²) >= 11 is 0. The number of hydrogen-bond acceptors (Lipinski definition) is 3. The van der Waals surface area contributed by atoms with E-state index in [-0.39, 0.29) is 11.7 Å². The third kappa shape index (κ3) is 3.90. The van der Waals surface area contributed by atoms with Crippen molar-refractivity contribution in [3.63, 3.8) is 0 Å². The predicted octanol–water partition coefficient (Wildman–Crippen LogP) is 3.74. The van der Waals surface area contributed by atoms with Crippen molar-refractivity contribution < 1.29 is 13.2 Å². The molecule has 2 aromatic rings. The van der Waals surface area contributed by atoms with E-state index in [0.29, 0.717) is 36.3 Å². The molecule has 6 heteroatoms. The van der Waals surface area contributed by atoms with Gasteiger partial charge < -0.3 is 5.32 Å². The molecular weight excluding hydrogens is 348 g/mol. The SMILES string of the molecule is CCCCS(=O)(=O)N1CCc2ccc(NC(=O)c3cccc(C)c3)cc21. The number of unbranched alkanes of at least 4 members (excludes halogenated alkanes) is 1. The quantitative estimate of drug-likeness (QED) is 0.840. The maximum Gasteiger partial charge on any atom is 0.255 e.